The van der Waals surface area contributed by atoms with Gasteiger partial charge in [0.2, 0.25) is 0 Å². The molecule has 6 nitrogen and oxygen atoms in total. The molecule has 0 saturated carbocycles. The maximum absolute atomic E-state index is 10.1. The molecule has 1 heterocycles. The van der Waals surface area contributed by atoms with Crippen LogP contribution in [0.1, 0.15) is 32.0 Å². The third-order valence-electron chi connectivity index (χ3n) is 2.52. The second-order valence-electron chi connectivity index (χ2n) is 4.04. The zero-order valence-electron chi connectivity index (χ0n) is 11.2. The zero-order chi connectivity index (χ0) is 14.0. The topological polar surface area (TPSA) is 107 Å². The minimum absolute atomic E-state index is 0.520. The van der Waals surface area contributed by atoms with Crippen LogP contribution in [0.25, 0.3) is 0 Å². The molecule has 104 valence electrons. The van der Waals surface area contributed by atoms with E-state index in [1.165, 1.54) is 0 Å². The monoisotopic (exact) mass is 256 g/mol. The van der Waals surface area contributed by atoms with Crippen LogP contribution in [-0.2, 0) is 18.3 Å². The van der Waals surface area contributed by atoms with E-state index in [1.54, 1.807) is 0 Å². The van der Waals surface area contributed by atoms with Gasteiger partial charge in [-0.1, -0.05) is 13.3 Å². The molecule has 1 rings (SSSR count). The van der Waals surface area contributed by atoms with Gasteiger partial charge in [0.1, 0.15) is 11.9 Å². The number of aromatic nitrogens is 2. The van der Waals surface area contributed by atoms with Crippen molar-refractivity contribution in [3.05, 3.63) is 18.2 Å². The Morgan fingerprint density at radius 2 is 2.22 bits per heavy atom. The van der Waals surface area contributed by atoms with Crippen LogP contribution in [0.5, 0.6) is 0 Å². The number of nitrogens with zero attached hydrogens (tertiary/aromatic N) is 2. The van der Waals surface area contributed by atoms with Crippen molar-refractivity contribution in [2.75, 3.05) is 6.54 Å². The first-order chi connectivity index (χ1) is 8.52. The summed E-state index contributed by atoms with van der Waals surface area (Å²) in [4.78, 5) is 14.2. The smallest absolute Gasteiger partial charge is 0.320 e. The average molecular weight is 256 g/mol. The van der Waals surface area contributed by atoms with Crippen molar-refractivity contribution in [1.82, 2.24) is 9.55 Å². The fraction of sp³-hybridized carbons (Fsp3) is 0.667. The van der Waals surface area contributed by atoms with Crippen LogP contribution in [0.3, 0.4) is 0 Å². The van der Waals surface area contributed by atoms with Crippen LogP contribution in [0.2, 0.25) is 0 Å². The van der Waals surface area contributed by atoms with E-state index in [2.05, 4.69) is 11.9 Å². The molecule has 0 amide bonds. The van der Waals surface area contributed by atoms with Crippen LogP contribution < -0.4 is 11.5 Å². The number of carboxylic acids is 1. The predicted molar refractivity (Wildman–Crippen MR) is 71.1 cm³/mol. The quantitative estimate of drug-likeness (QED) is 0.643. The van der Waals surface area contributed by atoms with Crippen molar-refractivity contribution in [2.24, 2.45) is 18.5 Å². The number of hydrogen-bond acceptors (Lipinski definition) is 4. The summed E-state index contributed by atoms with van der Waals surface area (Å²) in [5.74, 6) is 0.210. The molecule has 1 aromatic heterocycles. The van der Waals surface area contributed by atoms with Crippen LogP contribution >= 0.6 is 0 Å². The van der Waals surface area contributed by atoms with Crippen molar-refractivity contribution < 1.29 is 9.90 Å². The highest BCUT2D eigenvalue weighted by molar-refractivity contribution is 5.72. The Hall–Kier alpha value is -1.40. The summed E-state index contributed by atoms with van der Waals surface area (Å²) in [6, 6.07) is -0.716. The summed E-state index contributed by atoms with van der Waals surface area (Å²) in [5.41, 5.74) is 10.4. The molecule has 0 spiro atoms. The third-order valence-corrected chi connectivity index (χ3v) is 2.52. The number of aryl methyl sites for hydroxylation is 2. The minimum atomic E-state index is -0.933. The van der Waals surface area contributed by atoms with Gasteiger partial charge in [0, 0.05) is 25.9 Å². The fourth-order valence-corrected chi connectivity index (χ4v) is 1.37. The third kappa shape index (κ3) is 7.03. The normalized spacial score (nSPS) is 11.6. The average Bonchev–Trinajstić information content (AvgIpc) is 2.75. The number of rotatable bonds is 6. The summed E-state index contributed by atoms with van der Waals surface area (Å²) in [6.07, 6.45) is 6.96. The number of imidazole rings is 1. The maximum Gasteiger partial charge on any atom is 0.320 e. The Balaban J connectivity index is 0.000000327. The van der Waals surface area contributed by atoms with Crippen molar-refractivity contribution in [2.45, 2.75) is 38.6 Å². The first kappa shape index (κ1) is 16.6. The second-order valence-corrected chi connectivity index (χ2v) is 4.04. The molecule has 1 unspecified atom stereocenters. The van der Waals surface area contributed by atoms with Gasteiger partial charge < -0.3 is 21.1 Å². The first-order valence-corrected chi connectivity index (χ1v) is 6.17. The molecule has 0 fully saturated rings. The van der Waals surface area contributed by atoms with Crippen molar-refractivity contribution >= 4 is 5.97 Å². The van der Waals surface area contributed by atoms with E-state index >= 15 is 0 Å². The summed E-state index contributed by atoms with van der Waals surface area (Å²) in [6.45, 7) is 2.70. The van der Waals surface area contributed by atoms with Gasteiger partial charge >= 0.3 is 5.97 Å². The number of aliphatic carboxylic acids is 1. The number of nitrogens with two attached hydrogens (primary N) is 2. The van der Waals surface area contributed by atoms with Gasteiger partial charge in [-0.2, -0.15) is 0 Å². The molecule has 1 atom stereocenters. The summed E-state index contributed by atoms with van der Waals surface area (Å²) in [5, 5.41) is 8.33. The molecule has 1 aromatic rings. The van der Waals surface area contributed by atoms with E-state index in [4.69, 9.17) is 16.6 Å². The van der Waals surface area contributed by atoms with Gasteiger partial charge in [-0.15, -0.1) is 0 Å². The van der Waals surface area contributed by atoms with E-state index in [0.717, 1.165) is 25.1 Å². The minimum Gasteiger partial charge on any atom is -0.480 e. The molecule has 0 bridgehead atoms. The Morgan fingerprint density at radius 3 is 2.56 bits per heavy atom. The SMILES string of the molecule is CCc1nccn1C.NCCCCC(N)C(=O)O. The largest absolute Gasteiger partial charge is 0.480 e. The number of hydrogen-bond donors (Lipinski definition) is 3. The van der Waals surface area contributed by atoms with Gasteiger partial charge in [-0.3, -0.25) is 4.79 Å². The lowest BCUT2D eigenvalue weighted by atomic mass is 10.1. The molecule has 0 aromatic carbocycles. The molecule has 5 N–H and O–H groups in total. The molecule has 0 aliphatic carbocycles. The van der Waals surface area contributed by atoms with Crippen LogP contribution in [0.15, 0.2) is 12.4 Å². The van der Waals surface area contributed by atoms with Crippen molar-refractivity contribution in [3.63, 3.8) is 0 Å². The highest BCUT2D eigenvalue weighted by Crippen LogP contribution is 1.97. The molecule has 0 aliphatic heterocycles. The lowest BCUT2D eigenvalue weighted by Gasteiger charge is -2.03. The summed E-state index contributed by atoms with van der Waals surface area (Å²) in [7, 11) is 2.01. The Kier molecular flexibility index (Phi) is 8.86. The van der Waals surface area contributed by atoms with E-state index in [-0.39, 0.29) is 0 Å². The van der Waals surface area contributed by atoms with Crippen LogP contribution in [0, 0.1) is 0 Å². The standard InChI is InChI=1S/C6H14N2O2.C6H10N2/c7-4-2-1-3-5(8)6(9)10;1-3-6-7-4-5-8(6)2/h5H,1-4,7-8H2,(H,9,10);4-5H,3H2,1-2H3. The molecule has 18 heavy (non-hydrogen) atoms. The second kappa shape index (κ2) is 9.61. The highest BCUT2D eigenvalue weighted by atomic mass is 16.4. The molecule has 0 saturated heterocycles. The Bertz CT molecular complexity index is 339. The van der Waals surface area contributed by atoms with Gasteiger partial charge in [-0.25, -0.2) is 4.98 Å². The van der Waals surface area contributed by atoms with Gasteiger partial charge in [0.05, 0.1) is 0 Å². The van der Waals surface area contributed by atoms with Gasteiger partial charge in [-0.05, 0) is 19.4 Å². The number of unbranched alkanes of at least 4 members (excludes halogenated alkanes) is 1. The lowest BCUT2D eigenvalue weighted by Crippen LogP contribution is -2.29. The fourth-order valence-electron chi connectivity index (χ4n) is 1.37. The van der Waals surface area contributed by atoms with E-state index in [9.17, 15) is 4.79 Å². The van der Waals surface area contributed by atoms with Gasteiger partial charge in [0.15, 0.2) is 0 Å². The molecule has 0 aliphatic rings. The van der Waals surface area contributed by atoms with Crippen LogP contribution in [0.4, 0.5) is 0 Å². The zero-order valence-corrected chi connectivity index (χ0v) is 11.2. The molecular weight excluding hydrogens is 232 g/mol. The molecule has 6 heteroatoms. The highest BCUT2D eigenvalue weighted by Gasteiger charge is 2.09. The van der Waals surface area contributed by atoms with Crippen molar-refractivity contribution in [3.8, 4) is 0 Å². The first-order valence-electron chi connectivity index (χ1n) is 6.17. The summed E-state index contributed by atoms with van der Waals surface area (Å²) < 4.78 is 2.03. The number of carboxylic acid groups (broad SMARTS) is 1. The number of carbonyl (C=O) groups is 1. The molecule has 0 radical (unpaired) electrons. The molecular formula is C12H24N4O2. The lowest BCUT2D eigenvalue weighted by molar-refractivity contribution is -0.138. The van der Waals surface area contributed by atoms with E-state index in [1.807, 2.05) is 24.0 Å². The Morgan fingerprint density at radius 1 is 1.56 bits per heavy atom. The Labute approximate surface area is 108 Å². The maximum atomic E-state index is 10.1. The van der Waals surface area contributed by atoms with Crippen molar-refractivity contribution in [1.29, 1.82) is 0 Å². The van der Waals surface area contributed by atoms with E-state index in [0.29, 0.717) is 13.0 Å². The van der Waals surface area contributed by atoms with Crippen LogP contribution in [-0.4, -0.2) is 33.2 Å². The summed E-state index contributed by atoms with van der Waals surface area (Å²) >= 11 is 0. The predicted octanol–water partition coefficient (Wildman–Crippen LogP) is 0.510. The van der Waals surface area contributed by atoms with E-state index < -0.39 is 12.0 Å². The van der Waals surface area contributed by atoms with Gasteiger partial charge in [0.25, 0.3) is 0 Å².